The summed E-state index contributed by atoms with van der Waals surface area (Å²) >= 11 is 10.2. The molecule has 19 aromatic rings. The molecule has 20 rings (SSSR count). The standard InChI is InChI=1S/C23H20.2C17H16NS.2C13H8NS.2C9H6NS.3C5H10O2.4Ir/c1-3-23(4-2)21-13-9-8-12-19(21)20-15-14-18(16-22(20)23)17-10-6-5-7-11-17;2*1-17(2,3)13-10-8-12(9-11-13)16-18-14-6-4-5-7-15(14)19-16;2*1-2-6-10(7-3-1)13-14-11-8-4-5-9-12(11)15-13;2*1-2-6-10-8(4-1)9-5-3-7-11-9;3*1-4(6)3-5(2)7;;;;/h5-10,12-13,15-16H,3-4H2,1-2H3;2*4-8,10-11H,1-3H3;2*1-6,8-9H;2*1-4,6-7H;3*3-4,6-7H,1-2H3;;;;/q-2;6*-1;;;;;;;. The fraction of sp³-hybridized carbons (Fsp3) is 0.190. The van der Waals surface area contributed by atoms with Crippen molar-refractivity contribution >= 4 is 109 Å². The van der Waals surface area contributed by atoms with Gasteiger partial charge in [0.2, 0.25) is 0 Å². The molecule has 0 spiro atoms. The molecule has 8 aromatic heterocycles. The number of allylic oxidation sites excluding steroid dienone is 3. The Balaban J connectivity index is 0.000000213. The van der Waals surface area contributed by atoms with Gasteiger partial charge < -0.3 is 40.6 Å². The van der Waals surface area contributed by atoms with E-state index in [0.717, 1.165) is 109 Å². The van der Waals surface area contributed by atoms with Gasteiger partial charge in [0.05, 0.1) is 57.7 Å². The Bertz CT molecular complexity index is 6340. The van der Waals surface area contributed by atoms with E-state index in [1.807, 2.05) is 168 Å². The summed E-state index contributed by atoms with van der Waals surface area (Å²) in [6, 6.07) is 125. The molecule has 0 aliphatic heterocycles. The Morgan fingerprint density at radius 3 is 0.935 bits per heavy atom. The van der Waals surface area contributed by atoms with Crippen LogP contribution in [0, 0.1) is 48.5 Å². The molecule has 138 heavy (non-hydrogen) atoms. The van der Waals surface area contributed by atoms with Crippen LogP contribution in [0.25, 0.3) is 127 Å². The number of nitrogens with zero attached hydrogens (tertiary/aromatic N) is 6. The fourth-order valence-electron chi connectivity index (χ4n) is 14.0. The molecule has 0 saturated heterocycles. The number of thiophene rings is 2. The zero-order valence-corrected chi connectivity index (χ0v) is 93.5. The van der Waals surface area contributed by atoms with Crippen molar-refractivity contribution in [3.8, 4) is 85.7 Å². The minimum atomic E-state index is -0.537. The number of para-hydroxylation sites is 4. The van der Waals surface area contributed by atoms with Crippen LogP contribution < -0.4 is 0 Å². The van der Waals surface area contributed by atoms with Crippen LogP contribution in [0.3, 0.4) is 0 Å². The molecule has 0 fully saturated rings. The molecule has 0 saturated carbocycles. The topological polar surface area (TPSA) is 199 Å². The Labute approximate surface area is 891 Å². The summed E-state index contributed by atoms with van der Waals surface area (Å²) in [5.74, 6) is 0.486. The maximum absolute atomic E-state index is 8.49. The van der Waals surface area contributed by atoms with Crippen LogP contribution in [-0.2, 0) is 96.7 Å². The second-order valence-electron chi connectivity index (χ2n) is 33.1. The zero-order chi connectivity index (χ0) is 95.6. The van der Waals surface area contributed by atoms with Gasteiger partial charge in [0.25, 0.3) is 0 Å². The predicted octanol–water partition coefficient (Wildman–Crippen LogP) is 31.4. The van der Waals surface area contributed by atoms with Crippen molar-refractivity contribution in [3.05, 3.63) is 421 Å². The second-order valence-corrected chi connectivity index (χ2v) is 39.1. The van der Waals surface area contributed by atoms with E-state index < -0.39 is 18.3 Å². The number of thiazole rings is 4. The van der Waals surface area contributed by atoms with Gasteiger partial charge in [-0.3, -0.25) is 19.9 Å². The number of hydrogen-bond acceptors (Lipinski definition) is 18. The molecule has 0 bridgehead atoms. The number of aromatic nitrogens is 6. The molecule has 8 heterocycles. The third-order valence-corrected chi connectivity index (χ3v) is 26.4. The molecule has 720 valence electrons. The van der Waals surface area contributed by atoms with E-state index in [4.69, 9.17) is 30.6 Å². The van der Waals surface area contributed by atoms with E-state index >= 15 is 0 Å². The van der Waals surface area contributed by atoms with Crippen molar-refractivity contribution in [3.63, 3.8) is 0 Å². The van der Waals surface area contributed by atoms with Crippen molar-refractivity contribution in [2.75, 3.05) is 0 Å². The minimum absolute atomic E-state index is 0. The van der Waals surface area contributed by atoms with Crippen LogP contribution in [0.2, 0.25) is 0 Å². The number of benzene rings is 11. The molecular weight excluding hydrogens is 2530 g/mol. The van der Waals surface area contributed by atoms with Crippen molar-refractivity contribution in [2.24, 2.45) is 0 Å². The van der Waals surface area contributed by atoms with Crippen LogP contribution >= 0.6 is 68.0 Å². The van der Waals surface area contributed by atoms with Gasteiger partial charge in [-0.15, -0.1) is 171 Å². The Hall–Kier alpha value is -10.2. The maximum atomic E-state index is 8.49. The zero-order valence-electron chi connectivity index (χ0n) is 79.0. The molecule has 12 nitrogen and oxygen atoms in total. The largest absolute Gasteiger partial charge is 0.513 e. The normalized spacial score (nSPS) is 12.1. The third kappa shape index (κ3) is 34.6. The molecule has 1 aliphatic carbocycles. The van der Waals surface area contributed by atoms with Crippen molar-refractivity contribution < 1.29 is 111 Å². The van der Waals surface area contributed by atoms with Crippen molar-refractivity contribution in [2.45, 2.75) is 144 Å². The molecule has 1 aliphatic rings. The van der Waals surface area contributed by atoms with E-state index in [0.29, 0.717) is 0 Å². The number of rotatable bonds is 12. The molecular formula is C116H110Ir4N6O6S6-8. The summed E-state index contributed by atoms with van der Waals surface area (Å²) < 4.78 is 4.91. The average molecular weight is 2650 g/mol. The first-order valence-electron chi connectivity index (χ1n) is 44.0. The van der Waals surface area contributed by atoms with Crippen LogP contribution in [0.4, 0.5) is 0 Å². The molecule has 11 aromatic carbocycles. The molecule has 4 radical (unpaired) electrons. The molecule has 3 unspecified atom stereocenters. The first-order valence-corrected chi connectivity index (χ1v) is 49.0. The van der Waals surface area contributed by atoms with E-state index in [-0.39, 0.29) is 114 Å². The van der Waals surface area contributed by atoms with Crippen LogP contribution in [0.1, 0.15) is 132 Å². The summed E-state index contributed by atoms with van der Waals surface area (Å²) in [5.41, 5.74) is 21.6. The summed E-state index contributed by atoms with van der Waals surface area (Å²) in [5, 5.41) is 58.9. The molecule has 22 heteroatoms. The van der Waals surface area contributed by atoms with Crippen LogP contribution in [0.5, 0.6) is 0 Å². The quantitative estimate of drug-likeness (QED) is 0.0501. The molecule has 0 amide bonds. The van der Waals surface area contributed by atoms with Crippen molar-refractivity contribution in [1.82, 2.24) is 29.9 Å². The van der Waals surface area contributed by atoms with E-state index in [1.54, 1.807) is 101 Å². The van der Waals surface area contributed by atoms with Gasteiger partial charge in [0.1, 0.15) is 0 Å². The first-order chi connectivity index (χ1) is 64.5. The van der Waals surface area contributed by atoms with Crippen LogP contribution in [0.15, 0.2) is 350 Å². The van der Waals surface area contributed by atoms with Gasteiger partial charge in [-0.05, 0) is 161 Å². The fourth-order valence-corrected chi connectivity index (χ4v) is 19.1. The van der Waals surface area contributed by atoms with E-state index in [9.17, 15) is 0 Å². The summed E-state index contributed by atoms with van der Waals surface area (Å²) in [4.78, 5) is 29.1. The summed E-state index contributed by atoms with van der Waals surface area (Å²) in [6.45, 7) is 27.2. The van der Waals surface area contributed by atoms with Crippen LogP contribution in [-0.4, -0.2) is 78.9 Å². The monoisotopic (exact) mass is 2650 g/mol. The van der Waals surface area contributed by atoms with Gasteiger partial charge in [0, 0.05) is 137 Å². The summed E-state index contributed by atoms with van der Waals surface area (Å²) in [7, 11) is 0. The van der Waals surface area contributed by atoms with Gasteiger partial charge in [-0.1, -0.05) is 173 Å². The van der Waals surface area contributed by atoms with Gasteiger partial charge >= 0.3 is 0 Å². The average Bonchev–Trinajstić information content (AvgIpc) is 1.56. The molecule has 3 atom stereocenters. The van der Waals surface area contributed by atoms with E-state index in [2.05, 4.69) is 267 Å². The number of aliphatic hydroxyl groups is 6. The van der Waals surface area contributed by atoms with Gasteiger partial charge in [-0.25, -0.2) is 33.8 Å². The number of fused-ring (bicyclic) bond motifs is 7. The minimum Gasteiger partial charge on any atom is -0.513 e. The molecule has 6 N–H and O–H groups in total. The predicted molar refractivity (Wildman–Crippen MR) is 566 cm³/mol. The number of pyridine rings is 2. The first kappa shape index (κ1) is 115. The van der Waals surface area contributed by atoms with Gasteiger partial charge in [-0.2, -0.15) is 106 Å². The second kappa shape index (κ2) is 57.5. The summed E-state index contributed by atoms with van der Waals surface area (Å²) in [6.07, 6.45) is 8.30. The maximum Gasteiger partial charge on any atom is 0.0877 e. The van der Waals surface area contributed by atoms with E-state index in [1.165, 1.54) is 91.2 Å². The Morgan fingerprint density at radius 2 is 0.659 bits per heavy atom. The Morgan fingerprint density at radius 1 is 0.341 bits per heavy atom. The Kier molecular flexibility index (Phi) is 47.8. The van der Waals surface area contributed by atoms with Crippen molar-refractivity contribution in [1.29, 1.82) is 0 Å². The number of aliphatic hydroxyl groups excluding tert-OH is 6. The smallest absolute Gasteiger partial charge is 0.0877 e. The van der Waals surface area contributed by atoms with Gasteiger partial charge in [0.15, 0.2) is 0 Å². The SMILES string of the molecule is CC(C)(C)c1c[c-]c(-c2nc3ccccc3s2)cc1.CC(C)(C)c1c[c-]c(-c2nc3ccccc3s2)cc1.CC(O)=CC(C)O.CC(O)=CC(C)O.CC(O)=CC(C)O.CCC1(CC)c2ccccc2-c2c[c-]c(-c3[c-]cccc3)cc21.[Ir].[Ir].[Ir].[Ir].[c-]1ccccc1-c1nc2ccccc2s1.[c-]1ccccc1-c1nc2ccccc2s1.[c-]1ccsc1-c1ccccn1.[c-]1ccsc1-c1ccccn1. The third-order valence-electron chi connectivity index (χ3n) is 20.5. The number of hydrogen-bond donors (Lipinski definition) is 6.